The van der Waals surface area contributed by atoms with Crippen LogP contribution in [0.4, 0.5) is 5.95 Å². The highest BCUT2D eigenvalue weighted by Crippen LogP contribution is 2.28. The predicted molar refractivity (Wildman–Crippen MR) is 84.0 cm³/mol. The summed E-state index contributed by atoms with van der Waals surface area (Å²) in [4.78, 5) is 4.50. The quantitative estimate of drug-likeness (QED) is 0.835. The van der Waals surface area contributed by atoms with Crippen LogP contribution in [0.25, 0.3) is 11.0 Å². The third-order valence-corrected chi connectivity index (χ3v) is 3.83. The molecule has 2 aromatic rings. The van der Waals surface area contributed by atoms with E-state index >= 15 is 0 Å². The minimum Gasteiger partial charge on any atom is -0.491 e. The lowest BCUT2D eigenvalue weighted by Gasteiger charge is -2.15. The van der Waals surface area contributed by atoms with E-state index in [4.69, 9.17) is 10.5 Å². The number of fused-ring (bicyclic) bond motifs is 1. The maximum atomic E-state index is 6.10. The van der Waals surface area contributed by atoms with E-state index in [1.807, 2.05) is 12.1 Å². The van der Waals surface area contributed by atoms with Gasteiger partial charge in [-0.05, 0) is 24.5 Å². The van der Waals surface area contributed by atoms with Crippen LogP contribution in [-0.4, -0.2) is 16.2 Å². The van der Waals surface area contributed by atoms with Crippen LogP contribution in [0.1, 0.15) is 40.0 Å². The molecule has 0 spiro atoms. The number of hydrogen-bond acceptors (Lipinski definition) is 3. The van der Waals surface area contributed by atoms with Gasteiger partial charge in [-0.2, -0.15) is 0 Å². The summed E-state index contributed by atoms with van der Waals surface area (Å²) in [5.74, 6) is 2.05. The number of ether oxygens (including phenoxy) is 1. The van der Waals surface area contributed by atoms with Crippen molar-refractivity contribution in [3.8, 4) is 5.75 Å². The minimum atomic E-state index is 0.583. The Morgan fingerprint density at radius 1 is 1.25 bits per heavy atom. The monoisotopic (exact) mass is 275 g/mol. The lowest BCUT2D eigenvalue weighted by atomic mass is 10.0. The van der Waals surface area contributed by atoms with Gasteiger partial charge in [0.1, 0.15) is 11.3 Å². The summed E-state index contributed by atoms with van der Waals surface area (Å²) in [6.07, 6.45) is 3.30. The van der Waals surface area contributed by atoms with E-state index in [-0.39, 0.29) is 0 Å². The van der Waals surface area contributed by atoms with Gasteiger partial charge in [0, 0.05) is 6.54 Å². The number of nitrogens with zero attached hydrogens (tertiary/aromatic N) is 2. The zero-order valence-corrected chi connectivity index (χ0v) is 12.7. The summed E-state index contributed by atoms with van der Waals surface area (Å²) in [7, 11) is 0. The second kappa shape index (κ2) is 6.64. The molecule has 0 bridgehead atoms. The summed E-state index contributed by atoms with van der Waals surface area (Å²) >= 11 is 0. The Labute approximate surface area is 120 Å². The molecule has 20 heavy (non-hydrogen) atoms. The Bertz CT molecular complexity index is 558. The fourth-order valence-electron chi connectivity index (χ4n) is 2.46. The van der Waals surface area contributed by atoms with E-state index in [0.717, 1.165) is 42.6 Å². The molecule has 0 atom stereocenters. The number of imidazole rings is 1. The molecule has 1 heterocycles. The molecule has 4 nitrogen and oxygen atoms in total. The summed E-state index contributed by atoms with van der Waals surface area (Å²) < 4.78 is 7.88. The molecule has 0 unspecified atom stereocenters. The summed E-state index contributed by atoms with van der Waals surface area (Å²) in [6, 6.07) is 6.05. The number of benzene rings is 1. The molecule has 0 radical (unpaired) electrons. The number of anilines is 1. The summed E-state index contributed by atoms with van der Waals surface area (Å²) in [5, 5.41) is 0. The topological polar surface area (TPSA) is 53.1 Å². The number of nitrogen functional groups attached to an aromatic ring is 1. The maximum Gasteiger partial charge on any atom is 0.201 e. The lowest BCUT2D eigenvalue weighted by molar-refractivity contribution is 0.320. The van der Waals surface area contributed by atoms with Crippen LogP contribution in [-0.2, 0) is 6.54 Å². The molecular weight excluding hydrogens is 250 g/mol. The van der Waals surface area contributed by atoms with Crippen molar-refractivity contribution in [3.63, 3.8) is 0 Å². The van der Waals surface area contributed by atoms with E-state index in [9.17, 15) is 0 Å². The second-order valence-corrected chi connectivity index (χ2v) is 5.24. The normalized spacial score (nSPS) is 11.4. The first-order valence-corrected chi connectivity index (χ1v) is 7.58. The van der Waals surface area contributed by atoms with Crippen LogP contribution >= 0.6 is 0 Å². The number of hydrogen-bond donors (Lipinski definition) is 1. The predicted octanol–water partition coefficient (Wildman–Crippen LogP) is 3.84. The van der Waals surface area contributed by atoms with Crippen LogP contribution in [0.2, 0.25) is 0 Å². The molecule has 0 aliphatic rings. The second-order valence-electron chi connectivity index (χ2n) is 5.24. The maximum absolute atomic E-state index is 6.10. The highest BCUT2D eigenvalue weighted by Gasteiger charge is 2.14. The third kappa shape index (κ3) is 2.89. The molecule has 1 aromatic carbocycles. The fourth-order valence-corrected chi connectivity index (χ4v) is 2.46. The number of rotatable bonds is 7. The van der Waals surface area contributed by atoms with Crippen LogP contribution in [0, 0.1) is 5.92 Å². The first kappa shape index (κ1) is 14.7. The fraction of sp³-hybridized carbons (Fsp3) is 0.562. The van der Waals surface area contributed by atoms with Gasteiger partial charge >= 0.3 is 0 Å². The summed E-state index contributed by atoms with van der Waals surface area (Å²) in [5.41, 5.74) is 8.06. The van der Waals surface area contributed by atoms with Crippen molar-refractivity contribution in [2.45, 2.75) is 46.6 Å². The molecule has 0 amide bonds. The van der Waals surface area contributed by atoms with Crippen molar-refractivity contribution in [2.24, 2.45) is 5.92 Å². The highest BCUT2D eigenvalue weighted by atomic mass is 16.5. The van der Waals surface area contributed by atoms with Gasteiger partial charge in [-0.1, -0.05) is 39.7 Å². The highest BCUT2D eigenvalue weighted by molar-refractivity contribution is 5.84. The molecule has 0 fully saturated rings. The minimum absolute atomic E-state index is 0.583. The Kier molecular flexibility index (Phi) is 4.88. The molecule has 4 heteroatoms. The Hall–Kier alpha value is -1.71. The third-order valence-electron chi connectivity index (χ3n) is 3.83. The van der Waals surface area contributed by atoms with Crippen molar-refractivity contribution < 1.29 is 4.74 Å². The zero-order valence-electron chi connectivity index (χ0n) is 12.7. The first-order valence-electron chi connectivity index (χ1n) is 7.58. The molecule has 0 aliphatic carbocycles. The number of aromatic nitrogens is 2. The molecule has 110 valence electrons. The zero-order chi connectivity index (χ0) is 14.5. The largest absolute Gasteiger partial charge is 0.491 e. The Morgan fingerprint density at radius 2 is 2.00 bits per heavy atom. The van der Waals surface area contributed by atoms with E-state index in [1.54, 1.807) is 0 Å². The average molecular weight is 275 g/mol. The van der Waals surface area contributed by atoms with Gasteiger partial charge in [-0.3, -0.25) is 0 Å². The first-order chi connectivity index (χ1) is 9.71. The van der Waals surface area contributed by atoms with Crippen molar-refractivity contribution in [1.82, 2.24) is 9.55 Å². The number of para-hydroxylation sites is 1. The van der Waals surface area contributed by atoms with Gasteiger partial charge in [0.2, 0.25) is 5.95 Å². The van der Waals surface area contributed by atoms with E-state index in [1.165, 1.54) is 0 Å². The van der Waals surface area contributed by atoms with E-state index in [2.05, 4.69) is 36.4 Å². The smallest absolute Gasteiger partial charge is 0.201 e. The number of nitrogens with two attached hydrogens (primary N) is 1. The molecule has 1 aromatic heterocycles. The molecule has 2 N–H and O–H groups in total. The van der Waals surface area contributed by atoms with Gasteiger partial charge in [0.05, 0.1) is 12.1 Å². The van der Waals surface area contributed by atoms with Gasteiger partial charge < -0.3 is 15.0 Å². The molecule has 0 saturated heterocycles. The van der Waals surface area contributed by atoms with Crippen LogP contribution in [0.5, 0.6) is 5.75 Å². The van der Waals surface area contributed by atoms with Gasteiger partial charge in [0.25, 0.3) is 0 Å². The van der Waals surface area contributed by atoms with Crippen LogP contribution in [0.15, 0.2) is 18.2 Å². The van der Waals surface area contributed by atoms with Crippen molar-refractivity contribution in [1.29, 1.82) is 0 Å². The Balaban J connectivity index is 2.38. The van der Waals surface area contributed by atoms with Gasteiger partial charge in [-0.15, -0.1) is 0 Å². The van der Waals surface area contributed by atoms with Crippen LogP contribution in [0.3, 0.4) is 0 Å². The average Bonchev–Trinajstić information content (AvgIpc) is 2.78. The standard InChI is InChI=1S/C16H25N3O/c1-4-10-20-14-9-7-8-13-15(14)18-16(17)19(13)11-12(5-2)6-3/h7-9,12H,4-6,10-11H2,1-3H3,(H2,17,18). The molecular formula is C16H25N3O. The van der Waals surface area contributed by atoms with Crippen molar-refractivity contribution in [2.75, 3.05) is 12.3 Å². The molecule has 0 saturated carbocycles. The van der Waals surface area contributed by atoms with Crippen molar-refractivity contribution >= 4 is 17.0 Å². The lowest BCUT2D eigenvalue weighted by Crippen LogP contribution is -2.11. The SMILES string of the molecule is CCCOc1cccc2c1nc(N)n2CC(CC)CC. The molecule has 0 aliphatic heterocycles. The van der Waals surface area contributed by atoms with Crippen LogP contribution < -0.4 is 10.5 Å². The summed E-state index contributed by atoms with van der Waals surface area (Å²) in [6.45, 7) is 8.17. The van der Waals surface area contributed by atoms with Gasteiger partial charge in [-0.25, -0.2) is 4.98 Å². The Morgan fingerprint density at radius 3 is 2.65 bits per heavy atom. The van der Waals surface area contributed by atoms with E-state index in [0.29, 0.717) is 18.5 Å². The molecule has 2 rings (SSSR count). The van der Waals surface area contributed by atoms with Crippen molar-refractivity contribution in [3.05, 3.63) is 18.2 Å². The van der Waals surface area contributed by atoms with Gasteiger partial charge in [0.15, 0.2) is 0 Å². The van der Waals surface area contributed by atoms with E-state index < -0.39 is 0 Å².